The molecule has 0 fully saturated rings. The lowest BCUT2D eigenvalue weighted by Gasteiger charge is -2.19. The predicted octanol–water partition coefficient (Wildman–Crippen LogP) is 2.88. The van der Waals surface area contributed by atoms with Gasteiger partial charge >= 0.3 is 6.18 Å². The number of amides is 1. The van der Waals surface area contributed by atoms with E-state index < -0.39 is 17.8 Å². The molecule has 1 aromatic carbocycles. The highest BCUT2D eigenvalue weighted by Gasteiger charge is 2.33. The summed E-state index contributed by atoms with van der Waals surface area (Å²) in [5.41, 5.74) is -0.450. The monoisotopic (exact) mass is 288 g/mol. The summed E-state index contributed by atoms with van der Waals surface area (Å²) in [6.45, 7) is 4.35. The van der Waals surface area contributed by atoms with Crippen LogP contribution in [0, 0.1) is 0 Å². The van der Waals surface area contributed by atoms with E-state index in [1.807, 2.05) is 6.92 Å². The molecule has 20 heavy (non-hydrogen) atoms. The Bertz CT molecular complexity index is 446. The van der Waals surface area contributed by atoms with Crippen LogP contribution >= 0.6 is 0 Å². The molecule has 0 saturated carbocycles. The van der Waals surface area contributed by atoms with Crippen molar-refractivity contribution in [2.45, 2.75) is 32.5 Å². The highest BCUT2D eigenvalue weighted by atomic mass is 19.4. The van der Waals surface area contributed by atoms with Crippen LogP contribution < -0.4 is 10.6 Å². The van der Waals surface area contributed by atoms with Gasteiger partial charge in [0.15, 0.2) is 0 Å². The Labute approximate surface area is 116 Å². The summed E-state index contributed by atoms with van der Waals surface area (Å²) in [5.74, 6) is -0.115. The van der Waals surface area contributed by atoms with Gasteiger partial charge in [-0.15, -0.1) is 0 Å². The standard InChI is InChI=1S/C14H19F3N2O/c1-3-18-13(20)8-9-19-10(2)11-6-4-5-7-12(11)14(15,16)17/h4-7,10,19H,3,8-9H2,1-2H3,(H,18,20). The molecule has 1 rings (SSSR count). The lowest BCUT2D eigenvalue weighted by atomic mass is 10.0. The normalized spacial score (nSPS) is 13.1. The number of benzene rings is 1. The van der Waals surface area contributed by atoms with Gasteiger partial charge in [0.05, 0.1) is 5.56 Å². The van der Waals surface area contributed by atoms with Crippen molar-refractivity contribution in [3.8, 4) is 0 Å². The molecule has 0 saturated heterocycles. The topological polar surface area (TPSA) is 41.1 Å². The van der Waals surface area contributed by atoms with Crippen LogP contribution in [0.1, 0.15) is 37.4 Å². The van der Waals surface area contributed by atoms with E-state index in [2.05, 4.69) is 10.6 Å². The molecule has 0 radical (unpaired) electrons. The molecular weight excluding hydrogens is 269 g/mol. The summed E-state index contributed by atoms with van der Waals surface area (Å²) in [6, 6.07) is 4.99. The van der Waals surface area contributed by atoms with E-state index >= 15 is 0 Å². The van der Waals surface area contributed by atoms with Crippen molar-refractivity contribution in [2.24, 2.45) is 0 Å². The van der Waals surface area contributed by atoms with Crippen LogP contribution in [0.4, 0.5) is 13.2 Å². The van der Waals surface area contributed by atoms with Gasteiger partial charge < -0.3 is 10.6 Å². The van der Waals surface area contributed by atoms with Crippen LogP contribution in [0.3, 0.4) is 0 Å². The molecule has 1 amide bonds. The second kappa shape index (κ2) is 7.28. The zero-order valence-corrected chi connectivity index (χ0v) is 11.6. The van der Waals surface area contributed by atoms with Gasteiger partial charge in [-0.2, -0.15) is 13.2 Å². The third-order valence-electron chi connectivity index (χ3n) is 2.91. The van der Waals surface area contributed by atoms with Crippen molar-refractivity contribution >= 4 is 5.91 Å². The molecule has 1 atom stereocenters. The highest BCUT2D eigenvalue weighted by molar-refractivity contribution is 5.75. The molecule has 3 nitrogen and oxygen atoms in total. The first-order valence-corrected chi connectivity index (χ1v) is 6.52. The van der Waals surface area contributed by atoms with Crippen molar-refractivity contribution in [3.05, 3.63) is 35.4 Å². The largest absolute Gasteiger partial charge is 0.416 e. The molecule has 0 bridgehead atoms. The SMILES string of the molecule is CCNC(=O)CCNC(C)c1ccccc1C(F)(F)F. The van der Waals surface area contributed by atoms with Crippen LogP contribution in [0.15, 0.2) is 24.3 Å². The van der Waals surface area contributed by atoms with Gasteiger partial charge in [-0.25, -0.2) is 0 Å². The Morgan fingerprint density at radius 3 is 2.55 bits per heavy atom. The molecule has 0 spiro atoms. The molecule has 1 aromatic rings. The molecule has 1 unspecified atom stereocenters. The molecular formula is C14H19F3N2O. The number of hydrogen-bond acceptors (Lipinski definition) is 2. The second-order valence-corrected chi connectivity index (χ2v) is 4.46. The van der Waals surface area contributed by atoms with Crippen LogP contribution in [-0.4, -0.2) is 19.0 Å². The van der Waals surface area contributed by atoms with Gasteiger partial charge in [0.25, 0.3) is 0 Å². The van der Waals surface area contributed by atoms with Gasteiger partial charge in [0, 0.05) is 25.6 Å². The summed E-state index contributed by atoms with van der Waals surface area (Å²) in [5, 5.41) is 5.58. The fraction of sp³-hybridized carbons (Fsp3) is 0.500. The zero-order chi connectivity index (χ0) is 15.2. The Kier molecular flexibility index (Phi) is 6.01. The van der Waals surface area contributed by atoms with Gasteiger partial charge in [-0.1, -0.05) is 18.2 Å². The summed E-state index contributed by atoms with van der Waals surface area (Å²) in [7, 11) is 0. The fourth-order valence-electron chi connectivity index (χ4n) is 1.93. The smallest absolute Gasteiger partial charge is 0.356 e. The average molecular weight is 288 g/mol. The average Bonchev–Trinajstić information content (AvgIpc) is 2.38. The zero-order valence-electron chi connectivity index (χ0n) is 11.6. The van der Waals surface area contributed by atoms with Crippen molar-refractivity contribution in [1.29, 1.82) is 0 Å². The molecule has 0 aromatic heterocycles. The van der Waals surface area contributed by atoms with E-state index in [9.17, 15) is 18.0 Å². The predicted molar refractivity (Wildman–Crippen MR) is 71.2 cm³/mol. The molecule has 6 heteroatoms. The lowest BCUT2D eigenvalue weighted by molar-refractivity contribution is -0.138. The number of halogens is 3. The third kappa shape index (κ3) is 4.85. The number of hydrogen-bond donors (Lipinski definition) is 2. The van der Waals surface area contributed by atoms with Gasteiger partial charge in [-0.05, 0) is 25.5 Å². The molecule has 0 heterocycles. The van der Waals surface area contributed by atoms with Crippen molar-refractivity contribution in [1.82, 2.24) is 10.6 Å². The fourth-order valence-corrected chi connectivity index (χ4v) is 1.93. The number of alkyl halides is 3. The molecule has 0 aliphatic rings. The van der Waals surface area contributed by atoms with Crippen molar-refractivity contribution in [3.63, 3.8) is 0 Å². The van der Waals surface area contributed by atoms with E-state index in [4.69, 9.17) is 0 Å². The minimum absolute atomic E-state index is 0.115. The second-order valence-electron chi connectivity index (χ2n) is 4.46. The summed E-state index contributed by atoms with van der Waals surface area (Å²) >= 11 is 0. The molecule has 2 N–H and O–H groups in total. The third-order valence-corrected chi connectivity index (χ3v) is 2.91. The Morgan fingerprint density at radius 1 is 1.30 bits per heavy atom. The highest BCUT2D eigenvalue weighted by Crippen LogP contribution is 2.34. The van der Waals surface area contributed by atoms with Crippen molar-refractivity contribution < 1.29 is 18.0 Å². The first kappa shape index (κ1) is 16.5. The molecule has 0 aliphatic carbocycles. The van der Waals surface area contributed by atoms with E-state index in [-0.39, 0.29) is 17.9 Å². The van der Waals surface area contributed by atoms with E-state index in [1.165, 1.54) is 12.1 Å². The maximum absolute atomic E-state index is 12.9. The minimum Gasteiger partial charge on any atom is -0.356 e. The Morgan fingerprint density at radius 2 is 1.95 bits per heavy atom. The Balaban J connectivity index is 2.64. The quantitative estimate of drug-likeness (QED) is 0.845. The first-order valence-electron chi connectivity index (χ1n) is 6.52. The molecule has 112 valence electrons. The van der Waals surface area contributed by atoms with Gasteiger partial charge in [0.1, 0.15) is 0 Å². The lowest BCUT2D eigenvalue weighted by Crippen LogP contribution is -2.29. The molecule has 0 aliphatic heterocycles. The van der Waals surface area contributed by atoms with Crippen LogP contribution in [-0.2, 0) is 11.0 Å². The summed E-state index contributed by atoms with van der Waals surface area (Å²) < 4.78 is 38.6. The first-order chi connectivity index (χ1) is 9.36. The minimum atomic E-state index is -4.37. The van der Waals surface area contributed by atoms with Gasteiger partial charge in [-0.3, -0.25) is 4.79 Å². The van der Waals surface area contributed by atoms with Crippen LogP contribution in [0.25, 0.3) is 0 Å². The summed E-state index contributed by atoms with van der Waals surface area (Å²) in [6.07, 6.45) is -4.13. The van der Waals surface area contributed by atoms with E-state index in [0.29, 0.717) is 13.1 Å². The number of rotatable bonds is 6. The Hall–Kier alpha value is -1.56. The maximum Gasteiger partial charge on any atom is 0.416 e. The van der Waals surface area contributed by atoms with E-state index in [0.717, 1.165) is 6.07 Å². The van der Waals surface area contributed by atoms with Crippen LogP contribution in [0.2, 0.25) is 0 Å². The van der Waals surface area contributed by atoms with Gasteiger partial charge in [0.2, 0.25) is 5.91 Å². The van der Waals surface area contributed by atoms with E-state index in [1.54, 1.807) is 13.0 Å². The maximum atomic E-state index is 12.9. The number of carbonyl (C=O) groups excluding carboxylic acids is 1. The summed E-state index contributed by atoms with van der Waals surface area (Å²) in [4.78, 5) is 11.3. The van der Waals surface area contributed by atoms with Crippen molar-refractivity contribution in [2.75, 3.05) is 13.1 Å². The number of carbonyl (C=O) groups is 1. The number of nitrogens with one attached hydrogen (secondary N) is 2. The van der Waals surface area contributed by atoms with Crippen LogP contribution in [0.5, 0.6) is 0 Å².